The standard InChI is InChI=1S/C15H24N2O2/c1-4-15(2,3)17-14(19)10-16-9-12-5-7-13(11-18)8-6-12/h5-8,16,18H,4,9-11H2,1-3H3,(H,17,19). The third-order valence-corrected chi connectivity index (χ3v) is 3.18. The molecule has 0 radical (unpaired) electrons. The number of hydrogen-bond acceptors (Lipinski definition) is 3. The maximum absolute atomic E-state index is 11.7. The highest BCUT2D eigenvalue weighted by atomic mass is 16.3. The van der Waals surface area contributed by atoms with Crippen LogP contribution in [-0.4, -0.2) is 23.1 Å². The van der Waals surface area contributed by atoms with Crippen molar-refractivity contribution in [1.29, 1.82) is 0 Å². The Morgan fingerprint density at radius 2 is 1.79 bits per heavy atom. The zero-order valence-electron chi connectivity index (χ0n) is 12.0. The van der Waals surface area contributed by atoms with Gasteiger partial charge in [0.25, 0.3) is 0 Å². The van der Waals surface area contributed by atoms with Crippen LogP contribution in [0.25, 0.3) is 0 Å². The van der Waals surface area contributed by atoms with E-state index in [-0.39, 0.29) is 18.1 Å². The number of amides is 1. The summed E-state index contributed by atoms with van der Waals surface area (Å²) in [7, 11) is 0. The molecule has 19 heavy (non-hydrogen) atoms. The van der Waals surface area contributed by atoms with E-state index in [1.807, 2.05) is 38.1 Å². The molecule has 0 saturated heterocycles. The second-order valence-electron chi connectivity index (χ2n) is 5.36. The third-order valence-electron chi connectivity index (χ3n) is 3.18. The first-order valence-corrected chi connectivity index (χ1v) is 6.67. The number of carbonyl (C=O) groups excluding carboxylic acids is 1. The van der Waals surface area contributed by atoms with Crippen LogP contribution in [0.2, 0.25) is 0 Å². The minimum atomic E-state index is -0.151. The van der Waals surface area contributed by atoms with Gasteiger partial charge >= 0.3 is 0 Å². The molecule has 0 heterocycles. The van der Waals surface area contributed by atoms with Crippen LogP contribution in [0.4, 0.5) is 0 Å². The lowest BCUT2D eigenvalue weighted by Crippen LogP contribution is -2.46. The third kappa shape index (κ3) is 5.85. The Labute approximate surface area is 115 Å². The predicted molar refractivity (Wildman–Crippen MR) is 76.6 cm³/mol. The van der Waals surface area contributed by atoms with E-state index in [4.69, 9.17) is 5.11 Å². The van der Waals surface area contributed by atoms with Crippen molar-refractivity contribution in [3.05, 3.63) is 35.4 Å². The van der Waals surface area contributed by atoms with Gasteiger partial charge in [-0.2, -0.15) is 0 Å². The zero-order valence-corrected chi connectivity index (χ0v) is 12.0. The largest absolute Gasteiger partial charge is 0.392 e. The Morgan fingerprint density at radius 3 is 2.32 bits per heavy atom. The number of aliphatic hydroxyl groups is 1. The van der Waals surface area contributed by atoms with Crippen molar-refractivity contribution in [2.75, 3.05) is 6.54 Å². The second-order valence-corrected chi connectivity index (χ2v) is 5.36. The highest BCUT2D eigenvalue weighted by Crippen LogP contribution is 2.06. The summed E-state index contributed by atoms with van der Waals surface area (Å²) in [6.45, 7) is 7.09. The lowest BCUT2D eigenvalue weighted by atomic mass is 10.0. The maximum Gasteiger partial charge on any atom is 0.234 e. The van der Waals surface area contributed by atoms with Crippen molar-refractivity contribution in [3.8, 4) is 0 Å². The summed E-state index contributed by atoms with van der Waals surface area (Å²) >= 11 is 0. The van der Waals surface area contributed by atoms with E-state index in [0.717, 1.165) is 17.5 Å². The molecule has 1 aromatic carbocycles. The second kappa shape index (κ2) is 7.26. The van der Waals surface area contributed by atoms with Gasteiger partial charge in [-0.3, -0.25) is 4.79 Å². The fourth-order valence-corrected chi connectivity index (χ4v) is 1.59. The first-order valence-electron chi connectivity index (χ1n) is 6.67. The van der Waals surface area contributed by atoms with Crippen LogP contribution in [0.5, 0.6) is 0 Å². The van der Waals surface area contributed by atoms with Gasteiger partial charge in [0.1, 0.15) is 0 Å². The average Bonchev–Trinajstić information content (AvgIpc) is 2.39. The first-order chi connectivity index (χ1) is 8.96. The average molecular weight is 264 g/mol. The summed E-state index contributed by atoms with van der Waals surface area (Å²) < 4.78 is 0. The number of nitrogens with one attached hydrogen (secondary N) is 2. The van der Waals surface area contributed by atoms with E-state index in [2.05, 4.69) is 17.6 Å². The van der Waals surface area contributed by atoms with E-state index in [0.29, 0.717) is 13.1 Å². The summed E-state index contributed by atoms with van der Waals surface area (Å²) in [6, 6.07) is 7.67. The van der Waals surface area contributed by atoms with Gasteiger partial charge in [0.2, 0.25) is 5.91 Å². The van der Waals surface area contributed by atoms with Gasteiger partial charge in [-0.05, 0) is 31.4 Å². The van der Waals surface area contributed by atoms with Gasteiger partial charge in [-0.25, -0.2) is 0 Å². The molecular formula is C15H24N2O2. The van der Waals surface area contributed by atoms with Crippen molar-refractivity contribution < 1.29 is 9.90 Å². The van der Waals surface area contributed by atoms with E-state index in [1.165, 1.54) is 0 Å². The maximum atomic E-state index is 11.7. The molecule has 0 unspecified atom stereocenters. The topological polar surface area (TPSA) is 61.4 Å². The van der Waals surface area contributed by atoms with E-state index >= 15 is 0 Å². The summed E-state index contributed by atoms with van der Waals surface area (Å²) in [5.41, 5.74) is 1.84. The van der Waals surface area contributed by atoms with Crippen molar-refractivity contribution in [1.82, 2.24) is 10.6 Å². The van der Waals surface area contributed by atoms with Crippen LogP contribution < -0.4 is 10.6 Å². The number of carbonyl (C=O) groups is 1. The number of benzene rings is 1. The van der Waals surface area contributed by atoms with Gasteiger partial charge in [-0.15, -0.1) is 0 Å². The normalized spacial score (nSPS) is 11.4. The molecule has 106 valence electrons. The molecule has 4 heteroatoms. The van der Waals surface area contributed by atoms with Crippen molar-refractivity contribution in [3.63, 3.8) is 0 Å². The molecule has 0 aliphatic heterocycles. The Morgan fingerprint density at radius 1 is 1.21 bits per heavy atom. The summed E-state index contributed by atoms with van der Waals surface area (Å²) in [6.07, 6.45) is 0.904. The Kier molecular flexibility index (Phi) is 5.99. The van der Waals surface area contributed by atoms with Gasteiger partial charge in [-0.1, -0.05) is 31.2 Å². The van der Waals surface area contributed by atoms with Crippen molar-refractivity contribution in [2.24, 2.45) is 0 Å². The number of rotatable bonds is 7. The Bertz CT molecular complexity index is 399. The molecule has 0 aliphatic rings. The molecule has 0 aromatic heterocycles. The lowest BCUT2D eigenvalue weighted by Gasteiger charge is -2.24. The lowest BCUT2D eigenvalue weighted by molar-refractivity contribution is -0.121. The SMILES string of the molecule is CCC(C)(C)NC(=O)CNCc1ccc(CO)cc1. The molecule has 0 atom stereocenters. The summed E-state index contributed by atoms with van der Waals surface area (Å²) in [4.78, 5) is 11.7. The molecule has 0 fully saturated rings. The van der Waals surface area contributed by atoms with E-state index in [9.17, 15) is 4.79 Å². The molecule has 1 aromatic rings. The highest BCUT2D eigenvalue weighted by molar-refractivity contribution is 5.78. The predicted octanol–water partition coefficient (Wildman–Crippen LogP) is 1.57. The van der Waals surface area contributed by atoms with Crippen LogP contribution in [0, 0.1) is 0 Å². The fraction of sp³-hybridized carbons (Fsp3) is 0.533. The molecule has 3 N–H and O–H groups in total. The first kappa shape index (κ1) is 15.7. The Hall–Kier alpha value is -1.39. The van der Waals surface area contributed by atoms with Crippen LogP contribution in [0.1, 0.15) is 38.3 Å². The van der Waals surface area contributed by atoms with Crippen LogP contribution in [0.15, 0.2) is 24.3 Å². The molecule has 1 rings (SSSR count). The molecular weight excluding hydrogens is 240 g/mol. The van der Waals surface area contributed by atoms with Gasteiger partial charge < -0.3 is 15.7 Å². The van der Waals surface area contributed by atoms with E-state index in [1.54, 1.807) is 0 Å². The highest BCUT2D eigenvalue weighted by Gasteiger charge is 2.16. The minimum Gasteiger partial charge on any atom is -0.392 e. The molecule has 1 amide bonds. The van der Waals surface area contributed by atoms with Gasteiger partial charge in [0.05, 0.1) is 13.2 Å². The molecule has 0 aliphatic carbocycles. The molecule has 0 spiro atoms. The Balaban J connectivity index is 2.31. The summed E-state index contributed by atoms with van der Waals surface area (Å²) in [5, 5.41) is 15.0. The molecule has 4 nitrogen and oxygen atoms in total. The van der Waals surface area contributed by atoms with Crippen molar-refractivity contribution >= 4 is 5.91 Å². The van der Waals surface area contributed by atoms with Crippen molar-refractivity contribution in [2.45, 2.75) is 45.9 Å². The van der Waals surface area contributed by atoms with Gasteiger partial charge in [0.15, 0.2) is 0 Å². The van der Waals surface area contributed by atoms with Crippen LogP contribution >= 0.6 is 0 Å². The fourth-order valence-electron chi connectivity index (χ4n) is 1.59. The molecule has 0 saturated carbocycles. The van der Waals surface area contributed by atoms with E-state index < -0.39 is 0 Å². The smallest absolute Gasteiger partial charge is 0.234 e. The summed E-state index contributed by atoms with van der Waals surface area (Å²) in [5.74, 6) is 0.0128. The minimum absolute atomic E-state index is 0.0128. The van der Waals surface area contributed by atoms with Crippen LogP contribution in [0.3, 0.4) is 0 Å². The van der Waals surface area contributed by atoms with Crippen LogP contribution in [-0.2, 0) is 17.9 Å². The monoisotopic (exact) mass is 264 g/mol. The quantitative estimate of drug-likeness (QED) is 0.700. The zero-order chi connectivity index (χ0) is 14.3. The number of aliphatic hydroxyl groups excluding tert-OH is 1. The number of hydrogen-bond donors (Lipinski definition) is 3. The molecule has 0 bridgehead atoms. The van der Waals surface area contributed by atoms with Gasteiger partial charge in [0, 0.05) is 12.1 Å².